The molecule has 4 nitrogen and oxygen atoms in total. The second-order valence-electron chi connectivity index (χ2n) is 4.19. The van der Waals surface area contributed by atoms with Crippen LogP contribution in [-0.2, 0) is 6.42 Å². The Morgan fingerprint density at radius 1 is 1.44 bits per heavy atom. The van der Waals surface area contributed by atoms with Gasteiger partial charge in [0.1, 0.15) is 12.0 Å². The summed E-state index contributed by atoms with van der Waals surface area (Å²) in [5.74, 6) is 0.593. The van der Waals surface area contributed by atoms with Gasteiger partial charge in [-0.2, -0.15) is 0 Å². The van der Waals surface area contributed by atoms with Gasteiger partial charge >= 0.3 is 0 Å². The average molecular weight is 283 g/mol. The van der Waals surface area contributed by atoms with E-state index in [1.54, 1.807) is 11.3 Å². The van der Waals surface area contributed by atoms with Crippen LogP contribution in [0.5, 0.6) is 0 Å². The van der Waals surface area contributed by atoms with Crippen LogP contribution in [0.15, 0.2) is 18.5 Å². The van der Waals surface area contributed by atoms with Gasteiger partial charge in [0.2, 0.25) is 0 Å². The Labute approximate surface area is 115 Å². The van der Waals surface area contributed by atoms with E-state index < -0.39 is 0 Å². The van der Waals surface area contributed by atoms with E-state index in [0.717, 1.165) is 6.42 Å². The summed E-state index contributed by atoms with van der Waals surface area (Å²) in [6.45, 7) is 4.19. The maximum atomic E-state index is 5.85. The van der Waals surface area contributed by atoms with E-state index in [1.165, 1.54) is 16.1 Å². The molecule has 6 heteroatoms. The SMILES string of the molecule is Cc1ccc(CC(C)Nc2ncnc(Cl)c2N)s1. The minimum Gasteiger partial charge on any atom is -0.393 e. The molecule has 0 bridgehead atoms. The molecule has 0 amide bonds. The average Bonchev–Trinajstić information content (AvgIpc) is 2.70. The molecule has 96 valence electrons. The summed E-state index contributed by atoms with van der Waals surface area (Å²) in [5, 5.41) is 3.54. The number of halogens is 1. The highest BCUT2D eigenvalue weighted by Crippen LogP contribution is 2.24. The molecule has 0 aliphatic rings. The second kappa shape index (κ2) is 5.54. The van der Waals surface area contributed by atoms with Crippen LogP contribution in [0.1, 0.15) is 16.7 Å². The van der Waals surface area contributed by atoms with Crippen molar-refractivity contribution in [3.63, 3.8) is 0 Å². The van der Waals surface area contributed by atoms with Crippen LogP contribution >= 0.6 is 22.9 Å². The monoisotopic (exact) mass is 282 g/mol. The summed E-state index contributed by atoms with van der Waals surface area (Å²) in [5.41, 5.74) is 6.21. The van der Waals surface area contributed by atoms with E-state index in [9.17, 15) is 0 Å². The van der Waals surface area contributed by atoms with Crippen molar-refractivity contribution in [2.45, 2.75) is 26.3 Å². The first-order valence-electron chi connectivity index (χ1n) is 5.64. The number of thiophene rings is 1. The number of nitrogens with two attached hydrogens (primary N) is 1. The number of rotatable bonds is 4. The minimum atomic E-state index is 0.233. The summed E-state index contributed by atoms with van der Waals surface area (Å²) < 4.78 is 0. The highest BCUT2D eigenvalue weighted by Gasteiger charge is 2.10. The fourth-order valence-corrected chi connectivity index (χ4v) is 2.82. The largest absolute Gasteiger partial charge is 0.393 e. The Kier molecular flexibility index (Phi) is 4.04. The van der Waals surface area contributed by atoms with Crippen molar-refractivity contribution in [2.75, 3.05) is 11.1 Å². The molecule has 0 fully saturated rings. The molecule has 0 saturated carbocycles. The van der Waals surface area contributed by atoms with E-state index in [2.05, 4.69) is 41.3 Å². The Morgan fingerprint density at radius 2 is 2.22 bits per heavy atom. The van der Waals surface area contributed by atoms with Crippen molar-refractivity contribution in [2.24, 2.45) is 0 Å². The number of anilines is 2. The minimum absolute atomic E-state index is 0.233. The van der Waals surface area contributed by atoms with Crippen molar-refractivity contribution < 1.29 is 0 Å². The van der Waals surface area contributed by atoms with Crippen molar-refractivity contribution >= 4 is 34.4 Å². The van der Waals surface area contributed by atoms with Crippen molar-refractivity contribution in [1.29, 1.82) is 0 Å². The molecule has 0 saturated heterocycles. The number of nitrogens with one attached hydrogen (secondary N) is 1. The molecule has 0 radical (unpaired) electrons. The van der Waals surface area contributed by atoms with Crippen LogP contribution in [0.2, 0.25) is 5.15 Å². The third kappa shape index (κ3) is 3.11. The first kappa shape index (κ1) is 13.1. The van der Waals surface area contributed by atoms with Crippen LogP contribution in [0, 0.1) is 6.92 Å². The van der Waals surface area contributed by atoms with Gasteiger partial charge in [0.25, 0.3) is 0 Å². The van der Waals surface area contributed by atoms with Crippen molar-refractivity contribution in [1.82, 2.24) is 9.97 Å². The Morgan fingerprint density at radius 3 is 2.89 bits per heavy atom. The van der Waals surface area contributed by atoms with Crippen LogP contribution in [0.3, 0.4) is 0 Å². The second-order valence-corrected chi connectivity index (χ2v) is 5.92. The van der Waals surface area contributed by atoms with Gasteiger partial charge in [-0.1, -0.05) is 11.6 Å². The molecule has 0 aromatic carbocycles. The fraction of sp³-hybridized carbons (Fsp3) is 0.333. The molecule has 0 aliphatic carbocycles. The summed E-state index contributed by atoms with van der Waals surface area (Å²) in [6.07, 6.45) is 2.34. The van der Waals surface area contributed by atoms with Gasteiger partial charge in [-0.3, -0.25) is 0 Å². The van der Waals surface area contributed by atoms with Gasteiger partial charge in [0.15, 0.2) is 11.0 Å². The normalized spacial score (nSPS) is 12.4. The lowest BCUT2D eigenvalue weighted by molar-refractivity contribution is 0.794. The number of nitrogen functional groups attached to an aromatic ring is 1. The Hall–Kier alpha value is -1.33. The standard InChI is InChI=1S/C12H15ClN4S/c1-7(5-9-4-3-8(2)18-9)17-12-10(14)11(13)15-6-16-12/h3-4,6-7H,5,14H2,1-2H3,(H,15,16,17). The molecule has 2 rings (SSSR count). The van der Waals surface area contributed by atoms with E-state index in [-0.39, 0.29) is 11.2 Å². The maximum absolute atomic E-state index is 5.85. The number of aryl methyl sites for hydroxylation is 1. The first-order chi connectivity index (χ1) is 8.56. The zero-order valence-corrected chi connectivity index (χ0v) is 11.8. The van der Waals surface area contributed by atoms with Crippen molar-refractivity contribution in [3.05, 3.63) is 33.4 Å². The lowest BCUT2D eigenvalue weighted by Crippen LogP contribution is -2.19. The Bertz CT molecular complexity index is 541. The maximum Gasteiger partial charge on any atom is 0.157 e. The molecule has 2 heterocycles. The third-order valence-electron chi connectivity index (χ3n) is 2.52. The summed E-state index contributed by atoms with van der Waals surface area (Å²) >= 11 is 7.65. The lowest BCUT2D eigenvalue weighted by Gasteiger charge is -2.15. The van der Waals surface area contributed by atoms with Crippen LogP contribution in [-0.4, -0.2) is 16.0 Å². The summed E-state index contributed by atoms with van der Waals surface area (Å²) in [7, 11) is 0. The highest BCUT2D eigenvalue weighted by atomic mass is 35.5. The highest BCUT2D eigenvalue weighted by molar-refractivity contribution is 7.11. The smallest absolute Gasteiger partial charge is 0.157 e. The molecule has 0 aliphatic heterocycles. The van der Waals surface area contributed by atoms with E-state index in [1.807, 2.05) is 0 Å². The molecule has 1 atom stereocenters. The molecule has 3 N–H and O–H groups in total. The van der Waals surface area contributed by atoms with Gasteiger partial charge in [-0.25, -0.2) is 9.97 Å². The van der Waals surface area contributed by atoms with Gasteiger partial charge in [-0.05, 0) is 26.0 Å². The molecule has 2 aromatic heterocycles. The molecule has 0 spiro atoms. The number of hydrogen-bond acceptors (Lipinski definition) is 5. The lowest BCUT2D eigenvalue weighted by atomic mass is 10.2. The first-order valence-corrected chi connectivity index (χ1v) is 6.83. The molecular formula is C12H15ClN4S. The van der Waals surface area contributed by atoms with Crippen LogP contribution in [0.4, 0.5) is 11.5 Å². The van der Waals surface area contributed by atoms with Crippen molar-refractivity contribution in [3.8, 4) is 0 Å². The predicted octanol–water partition coefficient (Wildman–Crippen LogP) is 3.13. The van der Waals surface area contributed by atoms with Gasteiger partial charge in [-0.15, -0.1) is 11.3 Å². The van der Waals surface area contributed by atoms with E-state index in [0.29, 0.717) is 11.5 Å². The Balaban J connectivity index is 2.03. The van der Waals surface area contributed by atoms with E-state index >= 15 is 0 Å². The van der Waals surface area contributed by atoms with Crippen LogP contribution < -0.4 is 11.1 Å². The molecular weight excluding hydrogens is 268 g/mol. The fourth-order valence-electron chi connectivity index (χ4n) is 1.67. The number of nitrogens with zero attached hydrogens (tertiary/aromatic N) is 2. The topological polar surface area (TPSA) is 63.8 Å². The van der Waals surface area contributed by atoms with Gasteiger partial charge in [0.05, 0.1) is 0 Å². The number of hydrogen-bond donors (Lipinski definition) is 2. The zero-order chi connectivity index (χ0) is 13.1. The molecule has 2 aromatic rings. The third-order valence-corrected chi connectivity index (χ3v) is 3.85. The summed E-state index contributed by atoms with van der Waals surface area (Å²) in [4.78, 5) is 10.6. The van der Waals surface area contributed by atoms with Crippen LogP contribution in [0.25, 0.3) is 0 Å². The van der Waals surface area contributed by atoms with E-state index in [4.69, 9.17) is 17.3 Å². The zero-order valence-electron chi connectivity index (χ0n) is 10.3. The quantitative estimate of drug-likeness (QED) is 0.846. The molecule has 18 heavy (non-hydrogen) atoms. The predicted molar refractivity (Wildman–Crippen MR) is 77.3 cm³/mol. The van der Waals surface area contributed by atoms with Gasteiger partial charge in [0, 0.05) is 22.2 Å². The molecule has 1 unspecified atom stereocenters. The number of aromatic nitrogens is 2. The van der Waals surface area contributed by atoms with Gasteiger partial charge < -0.3 is 11.1 Å². The summed E-state index contributed by atoms with van der Waals surface area (Å²) in [6, 6.07) is 4.51.